The highest BCUT2D eigenvalue weighted by Crippen LogP contribution is 2.20. The number of piperidine rings is 1. The Kier molecular flexibility index (Phi) is 7.87. The van der Waals surface area contributed by atoms with Gasteiger partial charge in [0, 0.05) is 39.3 Å². The average Bonchev–Trinajstić information content (AvgIpc) is 2.64. The van der Waals surface area contributed by atoms with E-state index in [9.17, 15) is 13.2 Å². The summed E-state index contributed by atoms with van der Waals surface area (Å²) in [7, 11) is -1.64. The second kappa shape index (κ2) is 9.89. The second-order valence-electron chi connectivity index (χ2n) is 6.36. The molecule has 1 amide bonds. The van der Waals surface area contributed by atoms with Crippen LogP contribution in [0.15, 0.2) is 30.3 Å². The Morgan fingerprint density at radius 1 is 1.24 bits per heavy atom. The molecule has 0 aromatic heterocycles. The van der Waals surface area contributed by atoms with Gasteiger partial charge in [0.2, 0.25) is 15.9 Å². The summed E-state index contributed by atoms with van der Waals surface area (Å²) in [6.45, 7) is 2.07. The fraction of sp³-hybridized carbons (Fsp3) is 0.611. The molecular weight excluding hydrogens is 340 g/mol. The third-order valence-electron chi connectivity index (χ3n) is 4.53. The normalized spacial score (nSPS) is 16.7. The predicted molar refractivity (Wildman–Crippen MR) is 97.7 cm³/mol. The average molecular weight is 368 g/mol. The first-order valence-corrected chi connectivity index (χ1v) is 10.4. The van der Waals surface area contributed by atoms with E-state index >= 15 is 0 Å². The summed E-state index contributed by atoms with van der Waals surface area (Å²) in [4.78, 5) is 12.1. The Morgan fingerprint density at radius 2 is 1.92 bits per heavy atom. The summed E-state index contributed by atoms with van der Waals surface area (Å²) in [6.07, 6.45) is 2.47. The molecule has 1 saturated heterocycles. The molecule has 0 atom stereocenters. The quantitative estimate of drug-likeness (QED) is 0.669. The minimum Gasteiger partial charge on any atom is -0.385 e. The molecule has 140 valence electrons. The van der Waals surface area contributed by atoms with Crippen LogP contribution in [0, 0.1) is 5.92 Å². The number of carbonyl (C=O) groups excluding carboxylic acids is 1. The number of ether oxygens (including phenoxy) is 1. The van der Waals surface area contributed by atoms with Crippen molar-refractivity contribution in [2.75, 3.05) is 39.1 Å². The number of carbonyl (C=O) groups is 1. The van der Waals surface area contributed by atoms with Crippen molar-refractivity contribution < 1.29 is 17.9 Å². The van der Waals surface area contributed by atoms with Crippen molar-refractivity contribution in [3.05, 3.63) is 35.9 Å². The van der Waals surface area contributed by atoms with Gasteiger partial charge >= 0.3 is 0 Å². The molecule has 1 fully saturated rings. The van der Waals surface area contributed by atoms with Crippen LogP contribution in [0.5, 0.6) is 0 Å². The second-order valence-corrected chi connectivity index (χ2v) is 8.45. The SMILES string of the molecule is COCCCNC(=O)C1CCN(S(=O)(=O)CCc2ccccc2)CC1. The third-order valence-corrected chi connectivity index (χ3v) is 6.41. The van der Waals surface area contributed by atoms with Crippen LogP contribution in [-0.2, 0) is 26.0 Å². The number of methoxy groups -OCH3 is 1. The molecule has 1 heterocycles. The van der Waals surface area contributed by atoms with Gasteiger partial charge in [0.1, 0.15) is 0 Å². The highest BCUT2D eigenvalue weighted by Gasteiger charge is 2.30. The van der Waals surface area contributed by atoms with E-state index in [0.29, 0.717) is 45.5 Å². The largest absolute Gasteiger partial charge is 0.385 e. The van der Waals surface area contributed by atoms with Gasteiger partial charge in [0.15, 0.2) is 0 Å². The number of aryl methyl sites for hydroxylation is 1. The first-order valence-electron chi connectivity index (χ1n) is 8.81. The number of hydrogen-bond donors (Lipinski definition) is 1. The summed E-state index contributed by atoms with van der Waals surface area (Å²) in [5.74, 6) is 0.0470. The van der Waals surface area contributed by atoms with Gasteiger partial charge in [0.25, 0.3) is 0 Å². The van der Waals surface area contributed by atoms with Gasteiger partial charge in [-0.1, -0.05) is 30.3 Å². The fourth-order valence-electron chi connectivity index (χ4n) is 2.99. The summed E-state index contributed by atoms with van der Waals surface area (Å²) in [6, 6.07) is 9.63. The van der Waals surface area contributed by atoms with E-state index in [1.165, 1.54) is 4.31 Å². The number of rotatable bonds is 9. The minimum atomic E-state index is -3.27. The van der Waals surface area contributed by atoms with Gasteiger partial charge in [-0.3, -0.25) is 4.79 Å². The highest BCUT2D eigenvalue weighted by molar-refractivity contribution is 7.89. The van der Waals surface area contributed by atoms with Gasteiger partial charge in [-0.15, -0.1) is 0 Å². The molecule has 0 bridgehead atoms. The molecule has 2 rings (SSSR count). The van der Waals surface area contributed by atoms with Gasteiger partial charge in [-0.05, 0) is 31.2 Å². The van der Waals surface area contributed by atoms with Crippen molar-refractivity contribution in [3.8, 4) is 0 Å². The fourth-order valence-corrected chi connectivity index (χ4v) is 4.51. The van der Waals surface area contributed by atoms with Crippen molar-refractivity contribution in [1.29, 1.82) is 0 Å². The number of benzene rings is 1. The molecule has 1 aliphatic heterocycles. The number of nitrogens with zero attached hydrogens (tertiary/aromatic N) is 1. The summed E-state index contributed by atoms with van der Waals surface area (Å²) in [5, 5.41) is 2.90. The molecule has 6 nitrogen and oxygen atoms in total. The number of nitrogens with one attached hydrogen (secondary N) is 1. The van der Waals surface area contributed by atoms with Crippen molar-refractivity contribution in [2.45, 2.75) is 25.7 Å². The lowest BCUT2D eigenvalue weighted by Gasteiger charge is -2.30. The lowest BCUT2D eigenvalue weighted by atomic mass is 9.97. The zero-order valence-corrected chi connectivity index (χ0v) is 15.6. The Hall–Kier alpha value is -1.44. The molecule has 25 heavy (non-hydrogen) atoms. The molecule has 0 saturated carbocycles. The standard InChI is InChI=1S/C18H28N2O4S/c1-24-14-5-11-19-18(21)17-8-12-20(13-9-17)25(22,23)15-10-16-6-3-2-4-7-16/h2-4,6-7,17H,5,8-15H2,1H3,(H,19,21). The van der Waals surface area contributed by atoms with Crippen LogP contribution in [0.1, 0.15) is 24.8 Å². The van der Waals surface area contributed by atoms with Crippen LogP contribution in [-0.4, -0.2) is 57.7 Å². The van der Waals surface area contributed by atoms with Crippen LogP contribution in [0.25, 0.3) is 0 Å². The first kappa shape index (κ1) is 19.9. The molecule has 0 aliphatic carbocycles. The maximum atomic E-state index is 12.5. The minimum absolute atomic E-state index is 0.0254. The lowest BCUT2D eigenvalue weighted by Crippen LogP contribution is -2.44. The van der Waals surface area contributed by atoms with Crippen LogP contribution >= 0.6 is 0 Å². The highest BCUT2D eigenvalue weighted by atomic mass is 32.2. The van der Waals surface area contributed by atoms with Crippen LogP contribution < -0.4 is 5.32 Å². The van der Waals surface area contributed by atoms with Gasteiger partial charge in [-0.2, -0.15) is 0 Å². The molecule has 1 N–H and O–H groups in total. The molecule has 1 aromatic rings. The predicted octanol–water partition coefficient (Wildman–Crippen LogP) is 1.42. The number of sulfonamides is 1. The zero-order valence-electron chi connectivity index (χ0n) is 14.8. The van der Waals surface area contributed by atoms with E-state index in [4.69, 9.17) is 4.74 Å². The summed E-state index contributed by atoms with van der Waals surface area (Å²) in [5.41, 5.74) is 1.02. The van der Waals surface area contributed by atoms with Crippen LogP contribution in [0.4, 0.5) is 0 Å². The van der Waals surface area contributed by atoms with Crippen LogP contribution in [0.2, 0.25) is 0 Å². The molecule has 1 aliphatic rings. The summed E-state index contributed by atoms with van der Waals surface area (Å²) >= 11 is 0. The van der Waals surface area contributed by atoms with Crippen molar-refractivity contribution >= 4 is 15.9 Å². The van der Waals surface area contributed by atoms with E-state index in [1.807, 2.05) is 30.3 Å². The topological polar surface area (TPSA) is 75.7 Å². The molecular formula is C18H28N2O4S. The Balaban J connectivity index is 1.75. The lowest BCUT2D eigenvalue weighted by molar-refractivity contribution is -0.126. The van der Waals surface area contributed by atoms with Gasteiger partial charge in [0.05, 0.1) is 5.75 Å². The molecule has 1 aromatic carbocycles. The Bertz CT molecular complexity index is 626. The van der Waals surface area contributed by atoms with Crippen molar-refractivity contribution in [2.24, 2.45) is 5.92 Å². The monoisotopic (exact) mass is 368 g/mol. The number of amides is 1. The Labute approximate surface area is 150 Å². The smallest absolute Gasteiger partial charge is 0.223 e. The summed E-state index contributed by atoms with van der Waals surface area (Å²) < 4.78 is 31.5. The molecule has 0 unspecified atom stereocenters. The van der Waals surface area contributed by atoms with Crippen molar-refractivity contribution in [1.82, 2.24) is 9.62 Å². The molecule has 0 radical (unpaired) electrons. The van der Waals surface area contributed by atoms with E-state index in [-0.39, 0.29) is 17.6 Å². The van der Waals surface area contributed by atoms with E-state index in [2.05, 4.69) is 5.32 Å². The van der Waals surface area contributed by atoms with E-state index in [1.54, 1.807) is 7.11 Å². The third kappa shape index (κ3) is 6.41. The maximum absolute atomic E-state index is 12.5. The first-order chi connectivity index (χ1) is 12.0. The Morgan fingerprint density at radius 3 is 2.56 bits per heavy atom. The van der Waals surface area contributed by atoms with E-state index in [0.717, 1.165) is 12.0 Å². The van der Waals surface area contributed by atoms with E-state index < -0.39 is 10.0 Å². The zero-order chi connectivity index (χ0) is 18.1. The molecule has 7 heteroatoms. The maximum Gasteiger partial charge on any atom is 0.223 e. The molecule has 0 spiro atoms. The van der Waals surface area contributed by atoms with Crippen molar-refractivity contribution in [3.63, 3.8) is 0 Å². The number of hydrogen-bond acceptors (Lipinski definition) is 4. The van der Waals surface area contributed by atoms with Gasteiger partial charge in [-0.25, -0.2) is 12.7 Å². The van der Waals surface area contributed by atoms with Crippen LogP contribution in [0.3, 0.4) is 0 Å². The van der Waals surface area contributed by atoms with Gasteiger partial charge < -0.3 is 10.1 Å².